The molecule has 0 bridgehead atoms. The molecule has 0 fully saturated rings. The van der Waals surface area contributed by atoms with Gasteiger partial charge in [0.1, 0.15) is 11.9 Å². The van der Waals surface area contributed by atoms with Crippen molar-refractivity contribution in [3.05, 3.63) is 72.4 Å². The highest BCUT2D eigenvalue weighted by molar-refractivity contribution is 5.79. The zero-order valence-corrected chi connectivity index (χ0v) is 15.4. The number of benzene rings is 1. The summed E-state index contributed by atoms with van der Waals surface area (Å²) < 4.78 is 7.03. The number of aliphatic imine (C=N–C) groups is 1. The minimum atomic E-state index is -0.745. The van der Waals surface area contributed by atoms with Gasteiger partial charge in [-0.05, 0) is 49.2 Å². The smallest absolute Gasteiger partial charge is 0.191 e. The van der Waals surface area contributed by atoms with Crippen molar-refractivity contribution in [3.63, 3.8) is 0 Å². The van der Waals surface area contributed by atoms with E-state index in [1.165, 1.54) is 5.56 Å². The van der Waals surface area contributed by atoms with Crippen LogP contribution >= 0.6 is 0 Å². The Hall–Kier alpha value is -3.06. The molecule has 0 saturated carbocycles. The first-order valence-corrected chi connectivity index (χ1v) is 9.09. The van der Waals surface area contributed by atoms with Gasteiger partial charge in [0, 0.05) is 25.5 Å². The molecule has 0 aliphatic heterocycles. The second-order valence-corrected chi connectivity index (χ2v) is 6.04. The Morgan fingerprint density at radius 2 is 2.07 bits per heavy atom. The molecule has 1 atom stereocenters. The molecule has 0 amide bonds. The Morgan fingerprint density at radius 1 is 1.22 bits per heavy atom. The molecule has 27 heavy (non-hydrogen) atoms. The minimum Gasteiger partial charge on any atom is -0.467 e. The van der Waals surface area contributed by atoms with Crippen LogP contribution in [0.5, 0.6) is 0 Å². The Kier molecular flexibility index (Phi) is 6.65. The van der Waals surface area contributed by atoms with E-state index in [9.17, 15) is 5.11 Å². The van der Waals surface area contributed by atoms with Crippen LogP contribution in [0.4, 0.5) is 0 Å². The Balaban J connectivity index is 1.49. The predicted octanol–water partition coefficient (Wildman–Crippen LogP) is 2.30. The van der Waals surface area contributed by atoms with Crippen molar-refractivity contribution in [3.8, 4) is 5.69 Å². The molecule has 1 unspecified atom stereocenters. The fourth-order valence-corrected chi connectivity index (χ4v) is 2.65. The maximum absolute atomic E-state index is 10.1. The van der Waals surface area contributed by atoms with E-state index < -0.39 is 6.10 Å². The van der Waals surface area contributed by atoms with Gasteiger partial charge in [0.2, 0.25) is 0 Å². The Labute approximate surface area is 158 Å². The zero-order chi connectivity index (χ0) is 18.9. The van der Waals surface area contributed by atoms with Gasteiger partial charge in [-0.25, -0.2) is 4.68 Å². The SMILES string of the molecule is CCNC(=NCC(O)c1ccco1)NCCc1ccc(-n2cccn2)cc1. The van der Waals surface area contributed by atoms with E-state index >= 15 is 0 Å². The molecule has 1 aromatic carbocycles. The molecule has 0 aliphatic carbocycles. The van der Waals surface area contributed by atoms with Gasteiger partial charge in [0.15, 0.2) is 5.96 Å². The van der Waals surface area contributed by atoms with Gasteiger partial charge in [0.05, 0.1) is 18.5 Å². The maximum atomic E-state index is 10.1. The number of guanidine groups is 1. The van der Waals surface area contributed by atoms with Crippen molar-refractivity contribution in [2.75, 3.05) is 19.6 Å². The van der Waals surface area contributed by atoms with Crippen LogP contribution in [0, 0.1) is 0 Å². The zero-order valence-electron chi connectivity index (χ0n) is 15.4. The Morgan fingerprint density at radius 3 is 2.74 bits per heavy atom. The number of rotatable bonds is 8. The molecule has 2 aromatic heterocycles. The van der Waals surface area contributed by atoms with Crippen molar-refractivity contribution >= 4 is 5.96 Å². The molecule has 0 spiro atoms. The van der Waals surface area contributed by atoms with Gasteiger partial charge in [-0.2, -0.15) is 5.10 Å². The Bertz CT molecular complexity index is 811. The van der Waals surface area contributed by atoms with E-state index in [-0.39, 0.29) is 6.54 Å². The van der Waals surface area contributed by atoms with Gasteiger partial charge in [-0.1, -0.05) is 12.1 Å². The lowest BCUT2D eigenvalue weighted by molar-refractivity contribution is 0.158. The van der Waals surface area contributed by atoms with Crippen molar-refractivity contribution < 1.29 is 9.52 Å². The summed E-state index contributed by atoms with van der Waals surface area (Å²) >= 11 is 0. The summed E-state index contributed by atoms with van der Waals surface area (Å²) in [5.41, 5.74) is 2.27. The summed E-state index contributed by atoms with van der Waals surface area (Å²) in [5.74, 6) is 1.20. The quantitative estimate of drug-likeness (QED) is 0.420. The first kappa shape index (κ1) is 18.7. The van der Waals surface area contributed by atoms with Crippen molar-refractivity contribution in [2.45, 2.75) is 19.4 Å². The molecule has 7 heteroatoms. The van der Waals surface area contributed by atoms with Gasteiger partial charge < -0.3 is 20.2 Å². The summed E-state index contributed by atoms with van der Waals surface area (Å²) in [6.45, 7) is 3.74. The van der Waals surface area contributed by atoms with E-state index in [0.717, 1.165) is 25.2 Å². The number of aliphatic hydroxyl groups excluding tert-OH is 1. The number of nitrogens with zero attached hydrogens (tertiary/aromatic N) is 3. The van der Waals surface area contributed by atoms with Crippen LogP contribution in [0.15, 0.2) is 70.5 Å². The standard InChI is InChI=1S/C20H25N5O2/c1-2-21-20(23-15-18(26)19-5-3-14-27-19)22-12-10-16-6-8-17(9-7-16)25-13-4-11-24-25/h3-9,11,13-14,18,26H,2,10,12,15H2,1H3,(H2,21,22,23). The van der Waals surface area contributed by atoms with Crippen molar-refractivity contribution in [2.24, 2.45) is 4.99 Å². The average Bonchev–Trinajstić information content (AvgIpc) is 3.40. The van der Waals surface area contributed by atoms with Gasteiger partial charge in [-0.15, -0.1) is 0 Å². The number of hydrogen-bond acceptors (Lipinski definition) is 4. The highest BCUT2D eigenvalue weighted by Gasteiger charge is 2.09. The number of furan rings is 1. The second kappa shape index (κ2) is 9.59. The largest absolute Gasteiger partial charge is 0.467 e. The molecule has 142 valence electrons. The second-order valence-electron chi connectivity index (χ2n) is 6.04. The molecular weight excluding hydrogens is 342 g/mol. The lowest BCUT2D eigenvalue weighted by Gasteiger charge is -2.12. The first-order valence-electron chi connectivity index (χ1n) is 9.09. The fraction of sp³-hybridized carbons (Fsp3) is 0.300. The van der Waals surface area contributed by atoms with E-state index in [2.05, 4.69) is 45.0 Å². The topological polar surface area (TPSA) is 87.6 Å². The van der Waals surface area contributed by atoms with E-state index in [4.69, 9.17) is 4.42 Å². The molecule has 3 aromatic rings. The molecule has 0 aliphatic rings. The van der Waals surface area contributed by atoms with E-state index in [0.29, 0.717) is 11.7 Å². The van der Waals surface area contributed by atoms with Crippen LogP contribution in [0.25, 0.3) is 5.69 Å². The summed E-state index contributed by atoms with van der Waals surface area (Å²) in [6.07, 6.45) is 5.36. The normalized spacial score (nSPS) is 12.7. The summed E-state index contributed by atoms with van der Waals surface area (Å²) in [7, 11) is 0. The number of aliphatic hydroxyl groups is 1. The van der Waals surface area contributed by atoms with Crippen LogP contribution < -0.4 is 10.6 Å². The fourth-order valence-electron chi connectivity index (χ4n) is 2.65. The lowest BCUT2D eigenvalue weighted by Crippen LogP contribution is -2.38. The third kappa shape index (κ3) is 5.46. The van der Waals surface area contributed by atoms with Gasteiger partial charge in [-0.3, -0.25) is 4.99 Å². The number of hydrogen-bond donors (Lipinski definition) is 3. The third-order valence-corrected chi connectivity index (χ3v) is 4.05. The molecule has 2 heterocycles. The van der Waals surface area contributed by atoms with E-state index in [1.807, 2.05) is 23.9 Å². The number of nitrogens with one attached hydrogen (secondary N) is 2. The van der Waals surface area contributed by atoms with Gasteiger partial charge >= 0.3 is 0 Å². The molecule has 3 N–H and O–H groups in total. The monoisotopic (exact) mass is 367 g/mol. The third-order valence-electron chi connectivity index (χ3n) is 4.05. The molecule has 3 rings (SSSR count). The molecule has 0 saturated heterocycles. The van der Waals surface area contributed by atoms with Crippen LogP contribution in [-0.2, 0) is 6.42 Å². The summed E-state index contributed by atoms with van der Waals surface area (Å²) in [4.78, 5) is 4.42. The van der Waals surface area contributed by atoms with Crippen LogP contribution in [0.1, 0.15) is 24.4 Å². The van der Waals surface area contributed by atoms with Crippen LogP contribution in [-0.4, -0.2) is 40.5 Å². The lowest BCUT2D eigenvalue weighted by atomic mass is 10.1. The maximum Gasteiger partial charge on any atom is 0.191 e. The number of aromatic nitrogens is 2. The molecule has 0 radical (unpaired) electrons. The first-order chi connectivity index (χ1) is 13.3. The molecular formula is C20H25N5O2. The van der Waals surface area contributed by atoms with Crippen LogP contribution in [0.3, 0.4) is 0 Å². The van der Waals surface area contributed by atoms with Crippen molar-refractivity contribution in [1.29, 1.82) is 0 Å². The summed E-state index contributed by atoms with van der Waals surface area (Å²) in [5, 5.41) is 20.8. The van der Waals surface area contributed by atoms with E-state index in [1.54, 1.807) is 24.6 Å². The average molecular weight is 367 g/mol. The predicted molar refractivity (Wildman–Crippen MR) is 105 cm³/mol. The highest BCUT2D eigenvalue weighted by Crippen LogP contribution is 2.13. The summed E-state index contributed by atoms with van der Waals surface area (Å²) in [6, 6.07) is 13.7. The van der Waals surface area contributed by atoms with Crippen LogP contribution in [0.2, 0.25) is 0 Å². The van der Waals surface area contributed by atoms with Gasteiger partial charge in [0.25, 0.3) is 0 Å². The highest BCUT2D eigenvalue weighted by atomic mass is 16.4. The van der Waals surface area contributed by atoms with Crippen molar-refractivity contribution in [1.82, 2.24) is 20.4 Å². The molecule has 7 nitrogen and oxygen atoms in total. The minimum absolute atomic E-state index is 0.238.